The highest BCUT2D eigenvalue weighted by Gasteiger charge is 2.11. The first-order valence-corrected chi connectivity index (χ1v) is 8.92. The Bertz CT molecular complexity index is 789. The van der Waals surface area contributed by atoms with Crippen molar-refractivity contribution in [3.63, 3.8) is 0 Å². The van der Waals surface area contributed by atoms with Crippen LogP contribution in [-0.2, 0) is 6.54 Å². The minimum Gasteiger partial charge on any atom is -0.493 e. The molecule has 2 N–H and O–H groups in total. The van der Waals surface area contributed by atoms with Crippen molar-refractivity contribution >= 4 is 38.9 Å². The topological polar surface area (TPSA) is 85.7 Å². The van der Waals surface area contributed by atoms with Crippen LogP contribution >= 0.6 is 27.5 Å². The molecule has 140 valence electrons. The summed E-state index contributed by atoms with van der Waals surface area (Å²) in [4.78, 5) is 10.2. The average molecular weight is 445 g/mol. The summed E-state index contributed by atoms with van der Waals surface area (Å²) in [6.45, 7) is 1.94. The van der Waals surface area contributed by atoms with Crippen molar-refractivity contribution in [1.82, 2.24) is 5.32 Å². The number of non-ortho nitro benzene ring substituents is 1. The number of rotatable bonds is 9. The van der Waals surface area contributed by atoms with Gasteiger partial charge in [0.25, 0.3) is 5.69 Å². The molecular weight excluding hydrogens is 426 g/mol. The fourth-order valence-corrected chi connectivity index (χ4v) is 3.25. The Morgan fingerprint density at radius 2 is 1.96 bits per heavy atom. The van der Waals surface area contributed by atoms with E-state index in [0.29, 0.717) is 41.8 Å². The van der Waals surface area contributed by atoms with E-state index in [-0.39, 0.29) is 5.69 Å². The molecule has 9 heteroatoms. The Hall–Kier alpha value is -2.03. The molecule has 26 heavy (non-hydrogen) atoms. The van der Waals surface area contributed by atoms with Crippen molar-refractivity contribution in [2.45, 2.75) is 6.54 Å². The van der Waals surface area contributed by atoms with E-state index in [1.165, 1.54) is 12.1 Å². The van der Waals surface area contributed by atoms with E-state index in [1.807, 2.05) is 12.1 Å². The third-order valence-corrected chi connectivity index (χ3v) is 4.50. The second-order valence-electron chi connectivity index (χ2n) is 5.34. The van der Waals surface area contributed by atoms with E-state index in [9.17, 15) is 10.1 Å². The van der Waals surface area contributed by atoms with Crippen LogP contribution in [0.3, 0.4) is 0 Å². The SMILES string of the molecule is COc1cc(CNCCNc2ccc([N+](=O)[O-])cc2Cl)cc(Br)c1OC. The van der Waals surface area contributed by atoms with Gasteiger partial charge in [-0.2, -0.15) is 0 Å². The molecule has 2 rings (SSSR count). The highest BCUT2D eigenvalue weighted by molar-refractivity contribution is 9.10. The summed E-state index contributed by atoms with van der Waals surface area (Å²) in [5.74, 6) is 1.32. The number of hydrogen-bond acceptors (Lipinski definition) is 6. The van der Waals surface area contributed by atoms with Gasteiger partial charge in [-0.3, -0.25) is 10.1 Å². The summed E-state index contributed by atoms with van der Waals surface area (Å²) < 4.78 is 11.4. The summed E-state index contributed by atoms with van der Waals surface area (Å²) in [7, 11) is 3.19. The lowest BCUT2D eigenvalue weighted by Gasteiger charge is -2.13. The molecule has 0 saturated heterocycles. The van der Waals surface area contributed by atoms with Crippen LogP contribution in [0.4, 0.5) is 11.4 Å². The van der Waals surface area contributed by atoms with Gasteiger partial charge in [0, 0.05) is 31.8 Å². The summed E-state index contributed by atoms with van der Waals surface area (Å²) >= 11 is 9.51. The maximum atomic E-state index is 10.7. The van der Waals surface area contributed by atoms with Crippen LogP contribution in [0.2, 0.25) is 5.02 Å². The molecule has 0 atom stereocenters. The Morgan fingerprint density at radius 1 is 1.19 bits per heavy atom. The quantitative estimate of drug-likeness (QED) is 0.342. The van der Waals surface area contributed by atoms with Crippen LogP contribution in [0, 0.1) is 10.1 Å². The van der Waals surface area contributed by atoms with Gasteiger partial charge in [0.15, 0.2) is 11.5 Å². The normalized spacial score (nSPS) is 10.5. The van der Waals surface area contributed by atoms with Crippen LogP contribution in [0.1, 0.15) is 5.56 Å². The zero-order valence-electron chi connectivity index (χ0n) is 14.3. The molecule has 0 heterocycles. The minimum atomic E-state index is -0.474. The third kappa shape index (κ3) is 5.23. The first-order chi connectivity index (χ1) is 12.5. The van der Waals surface area contributed by atoms with Crippen molar-refractivity contribution in [2.75, 3.05) is 32.6 Å². The van der Waals surface area contributed by atoms with Gasteiger partial charge >= 0.3 is 0 Å². The van der Waals surface area contributed by atoms with E-state index in [1.54, 1.807) is 20.3 Å². The summed E-state index contributed by atoms with van der Waals surface area (Å²) in [6, 6.07) is 8.24. The summed E-state index contributed by atoms with van der Waals surface area (Å²) in [5, 5.41) is 17.5. The van der Waals surface area contributed by atoms with Gasteiger partial charge in [0.05, 0.1) is 34.3 Å². The highest BCUT2D eigenvalue weighted by atomic mass is 79.9. The lowest BCUT2D eigenvalue weighted by atomic mass is 10.2. The van der Waals surface area contributed by atoms with Gasteiger partial charge in [0.1, 0.15) is 0 Å². The zero-order chi connectivity index (χ0) is 19.1. The molecule has 7 nitrogen and oxygen atoms in total. The fraction of sp³-hybridized carbons (Fsp3) is 0.294. The second kappa shape index (κ2) is 9.61. The first kappa shape index (κ1) is 20.3. The number of halogens is 2. The molecule has 0 aliphatic rings. The van der Waals surface area contributed by atoms with Gasteiger partial charge in [0.2, 0.25) is 0 Å². The van der Waals surface area contributed by atoms with Crippen molar-refractivity contribution in [1.29, 1.82) is 0 Å². The number of hydrogen-bond donors (Lipinski definition) is 2. The average Bonchev–Trinajstić information content (AvgIpc) is 2.61. The molecule has 2 aromatic rings. The van der Waals surface area contributed by atoms with Crippen LogP contribution in [0.15, 0.2) is 34.8 Å². The zero-order valence-corrected chi connectivity index (χ0v) is 16.7. The number of nitrogens with one attached hydrogen (secondary N) is 2. The number of ether oxygens (including phenoxy) is 2. The van der Waals surface area contributed by atoms with Crippen LogP contribution < -0.4 is 20.1 Å². The number of methoxy groups -OCH3 is 2. The molecule has 0 aliphatic carbocycles. The largest absolute Gasteiger partial charge is 0.493 e. The van der Waals surface area contributed by atoms with E-state index >= 15 is 0 Å². The Balaban J connectivity index is 1.84. The maximum Gasteiger partial charge on any atom is 0.271 e. The van der Waals surface area contributed by atoms with Gasteiger partial charge in [-0.05, 0) is 39.7 Å². The Kier molecular flexibility index (Phi) is 7.50. The minimum absolute atomic E-state index is 0.0299. The summed E-state index contributed by atoms with van der Waals surface area (Å²) in [6.07, 6.45) is 0. The van der Waals surface area contributed by atoms with Crippen LogP contribution in [0.25, 0.3) is 0 Å². The smallest absolute Gasteiger partial charge is 0.271 e. The lowest BCUT2D eigenvalue weighted by Crippen LogP contribution is -2.22. The number of anilines is 1. The molecule has 0 aromatic heterocycles. The van der Waals surface area contributed by atoms with Gasteiger partial charge in [-0.25, -0.2) is 0 Å². The lowest BCUT2D eigenvalue weighted by molar-refractivity contribution is -0.384. The summed E-state index contributed by atoms with van der Waals surface area (Å²) in [5.41, 5.74) is 1.67. The van der Waals surface area contributed by atoms with Crippen LogP contribution in [-0.4, -0.2) is 32.2 Å². The number of benzene rings is 2. The number of nitro groups is 1. The molecule has 0 aliphatic heterocycles. The maximum absolute atomic E-state index is 10.7. The van der Waals surface area contributed by atoms with Crippen LogP contribution in [0.5, 0.6) is 11.5 Å². The molecule has 0 fully saturated rings. The molecule has 0 saturated carbocycles. The van der Waals surface area contributed by atoms with Crippen molar-refractivity contribution in [2.24, 2.45) is 0 Å². The molecule has 0 radical (unpaired) electrons. The van der Waals surface area contributed by atoms with Crippen molar-refractivity contribution < 1.29 is 14.4 Å². The Morgan fingerprint density at radius 3 is 2.58 bits per heavy atom. The first-order valence-electron chi connectivity index (χ1n) is 7.75. The third-order valence-electron chi connectivity index (χ3n) is 3.60. The van der Waals surface area contributed by atoms with Crippen molar-refractivity contribution in [3.8, 4) is 11.5 Å². The second-order valence-corrected chi connectivity index (χ2v) is 6.60. The van der Waals surface area contributed by atoms with Crippen molar-refractivity contribution in [3.05, 3.63) is 55.5 Å². The monoisotopic (exact) mass is 443 g/mol. The Labute approximate surface area is 164 Å². The van der Waals surface area contributed by atoms with E-state index in [0.717, 1.165) is 10.0 Å². The molecule has 2 aromatic carbocycles. The molecular formula is C17H19BrClN3O4. The molecule has 0 unspecified atom stereocenters. The number of nitrogens with zero attached hydrogens (tertiary/aromatic N) is 1. The highest BCUT2D eigenvalue weighted by Crippen LogP contribution is 2.36. The van der Waals surface area contributed by atoms with Gasteiger partial charge < -0.3 is 20.1 Å². The fourth-order valence-electron chi connectivity index (χ4n) is 2.35. The molecule has 0 bridgehead atoms. The number of nitro benzene ring substituents is 1. The van der Waals surface area contributed by atoms with Gasteiger partial charge in [-0.15, -0.1) is 0 Å². The van der Waals surface area contributed by atoms with E-state index < -0.39 is 4.92 Å². The molecule has 0 spiro atoms. The van der Waals surface area contributed by atoms with Gasteiger partial charge in [-0.1, -0.05) is 11.6 Å². The predicted octanol–water partition coefficient (Wildman–Crippen LogP) is 4.23. The van der Waals surface area contributed by atoms with E-state index in [2.05, 4.69) is 26.6 Å². The van der Waals surface area contributed by atoms with E-state index in [4.69, 9.17) is 21.1 Å². The standard InChI is InChI=1S/C17H19BrClN3O4/c1-25-16-8-11(7-13(18)17(16)26-2)10-20-5-6-21-15-4-3-12(22(23)24)9-14(15)19/h3-4,7-9,20-21H,5-6,10H2,1-2H3. The molecule has 0 amide bonds. The predicted molar refractivity (Wildman–Crippen MR) is 106 cm³/mol.